The molecule has 4 heteroatoms. The van der Waals surface area contributed by atoms with Gasteiger partial charge >= 0.3 is 0 Å². The van der Waals surface area contributed by atoms with Crippen LogP contribution in [0.1, 0.15) is 30.2 Å². The number of aromatic nitrogens is 1. The van der Waals surface area contributed by atoms with Crippen molar-refractivity contribution >= 4 is 23.1 Å². The van der Waals surface area contributed by atoms with Crippen molar-refractivity contribution in [2.24, 2.45) is 5.41 Å². The van der Waals surface area contributed by atoms with Crippen LogP contribution in [0, 0.1) is 12.3 Å². The highest BCUT2D eigenvalue weighted by Crippen LogP contribution is 2.34. The van der Waals surface area contributed by atoms with E-state index in [1.807, 2.05) is 6.20 Å². The SMILES string of the molecule is Cc1ncc(CNC2CSCCC2(C)C)s1. The molecule has 2 heterocycles. The van der Waals surface area contributed by atoms with E-state index >= 15 is 0 Å². The van der Waals surface area contributed by atoms with Crippen LogP contribution in [0.2, 0.25) is 0 Å². The van der Waals surface area contributed by atoms with Crippen LogP contribution in [0.5, 0.6) is 0 Å². The lowest BCUT2D eigenvalue weighted by Crippen LogP contribution is -2.46. The summed E-state index contributed by atoms with van der Waals surface area (Å²) < 4.78 is 0. The molecular formula is C12H20N2S2. The molecule has 0 spiro atoms. The van der Waals surface area contributed by atoms with Gasteiger partial charge in [-0.05, 0) is 24.5 Å². The van der Waals surface area contributed by atoms with E-state index in [2.05, 4.69) is 42.8 Å². The number of thioether (sulfide) groups is 1. The predicted octanol–water partition coefficient (Wildman–Crippen LogP) is 3.07. The summed E-state index contributed by atoms with van der Waals surface area (Å²) in [4.78, 5) is 5.64. The quantitative estimate of drug-likeness (QED) is 0.899. The molecular weight excluding hydrogens is 236 g/mol. The first-order valence-corrected chi connectivity index (χ1v) is 7.77. The molecule has 0 bridgehead atoms. The average molecular weight is 256 g/mol. The van der Waals surface area contributed by atoms with Gasteiger partial charge in [0.1, 0.15) is 0 Å². The molecule has 0 amide bonds. The average Bonchev–Trinajstić information content (AvgIpc) is 2.62. The van der Waals surface area contributed by atoms with Gasteiger partial charge in [-0.15, -0.1) is 11.3 Å². The number of rotatable bonds is 3. The normalized spacial score (nSPS) is 24.6. The summed E-state index contributed by atoms with van der Waals surface area (Å²) in [6.07, 6.45) is 3.31. The molecule has 1 aromatic heterocycles. The Balaban J connectivity index is 1.89. The topological polar surface area (TPSA) is 24.9 Å². The van der Waals surface area contributed by atoms with Crippen molar-refractivity contribution in [3.63, 3.8) is 0 Å². The molecule has 0 aliphatic carbocycles. The van der Waals surface area contributed by atoms with Crippen molar-refractivity contribution in [2.45, 2.75) is 39.8 Å². The first-order valence-electron chi connectivity index (χ1n) is 5.80. The third-order valence-corrected chi connectivity index (χ3v) is 5.29. The minimum atomic E-state index is 0.435. The fourth-order valence-corrected chi connectivity index (χ4v) is 4.37. The molecule has 0 aromatic carbocycles. The van der Waals surface area contributed by atoms with Crippen molar-refractivity contribution in [2.75, 3.05) is 11.5 Å². The highest BCUT2D eigenvalue weighted by atomic mass is 32.2. The fraction of sp³-hybridized carbons (Fsp3) is 0.750. The number of nitrogens with zero attached hydrogens (tertiary/aromatic N) is 1. The molecule has 0 saturated carbocycles. The van der Waals surface area contributed by atoms with Crippen molar-refractivity contribution in [1.82, 2.24) is 10.3 Å². The van der Waals surface area contributed by atoms with Crippen LogP contribution in [0.15, 0.2) is 6.20 Å². The summed E-state index contributed by atoms with van der Waals surface area (Å²) in [6.45, 7) is 7.79. The van der Waals surface area contributed by atoms with Crippen LogP contribution in [0.25, 0.3) is 0 Å². The number of hydrogen-bond donors (Lipinski definition) is 1. The first kappa shape index (κ1) is 12.4. The van der Waals surface area contributed by atoms with Crippen LogP contribution >= 0.6 is 23.1 Å². The van der Waals surface area contributed by atoms with Gasteiger partial charge in [0, 0.05) is 29.4 Å². The molecule has 1 aromatic rings. The van der Waals surface area contributed by atoms with Crippen LogP contribution in [0.4, 0.5) is 0 Å². The number of hydrogen-bond acceptors (Lipinski definition) is 4. The van der Waals surface area contributed by atoms with Crippen molar-refractivity contribution in [1.29, 1.82) is 0 Å². The first-order chi connectivity index (χ1) is 7.58. The molecule has 2 rings (SSSR count). The standard InChI is InChI=1S/C12H20N2S2/c1-9-13-6-10(16-9)7-14-11-8-15-5-4-12(11,2)3/h6,11,14H,4-5,7-8H2,1-3H3. The third-order valence-electron chi connectivity index (χ3n) is 3.31. The largest absolute Gasteiger partial charge is 0.308 e. The van der Waals surface area contributed by atoms with Crippen molar-refractivity contribution in [3.8, 4) is 0 Å². The zero-order valence-electron chi connectivity index (χ0n) is 10.2. The van der Waals surface area contributed by atoms with E-state index in [0.29, 0.717) is 11.5 Å². The predicted molar refractivity (Wildman–Crippen MR) is 73.2 cm³/mol. The van der Waals surface area contributed by atoms with Crippen LogP contribution in [-0.2, 0) is 6.54 Å². The summed E-state index contributed by atoms with van der Waals surface area (Å²) >= 11 is 3.87. The second-order valence-corrected chi connectivity index (χ2v) is 7.56. The lowest BCUT2D eigenvalue weighted by molar-refractivity contribution is 0.245. The molecule has 0 radical (unpaired) electrons. The van der Waals surface area contributed by atoms with Crippen LogP contribution in [-0.4, -0.2) is 22.5 Å². The van der Waals surface area contributed by atoms with Gasteiger partial charge in [0.15, 0.2) is 0 Å². The van der Waals surface area contributed by atoms with Gasteiger partial charge in [-0.1, -0.05) is 13.8 Å². The molecule has 1 unspecified atom stereocenters. The summed E-state index contributed by atoms with van der Waals surface area (Å²) in [5.74, 6) is 2.55. The Labute approximate surface area is 106 Å². The molecule has 1 saturated heterocycles. The van der Waals surface area contributed by atoms with Gasteiger partial charge in [0.25, 0.3) is 0 Å². The minimum Gasteiger partial charge on any atom is -0.308 e. The maximum absolute atomic E-state index is 4.29. The number of thiazole rings is 1. The maximum atomic E-state index is 4.29. The Morgan fingerprint density at radius 2 is 2.38 bits per heavy atom. The van der Waals surface area contributed by atoms with E-state index in [4.69, 9.17) is 0 Å². The zero-order chi connectivity index (χ0) is 11.6. The number of aryl methyl sites for hydroxylation is 1. The Hall–Kier alpha value is -0.0600. The Morgan fingerprint density at radius 3 is 3.00 bits per heavy atom. The maximum Gasteiger partial charge on any atom is 0.0897 e. The summed E-state index contributed by atoms with van der Waals surface area (Å²) in [6, 6.07) is 0.633. The van der Waals surface area contributed by atoms with Crippen LogP contribution < -0.4 is 5.32 Å². The molecule has 1 N–H and O–H groups in total. The summed E-state index contributed by atoms with van der Waals surface area (Å²) in [7, 11) is 0. The van der Waals surface area contributed by atoms with E-state index in [9.17, 15) is 0 Å². The lowest BCUT2D eigenvalue weighted by Gasteiger charge is -2.38. The monoisotopic (exact) mass is 256 g/mol. The van der Waals surface area contributed by atoms with E-state index in [1.165, 1.54) is 22.8 Å². The van der Waals surface area contributed by atoms with Gasteiger partial charge in [-0.3, -0.25) is 0 Å². The molecule has 1 aliphatic heterocycles. The minimum absolute atomic E-state index is 0.435. The molecule has 90 valence electrons. The molecule has 16 heavy (non-hydrogen) atoms. The van der Waals surface area contributed by atoms with Gasteiger partial charge in [-0.2, -0.15) is 11.8 Å². The van der Waals surface area contributed by atoms with E-state index in [-0.39, 0.29) is 0 Å². The van der Waals surface area contributed by atoms with Crippen LogP contribution in [0.3, 0.4) is 0 Å². The molecule has 1 atom stereocenters. The van der Waals surface area contributed by atoms with Gasteiger partial charge in [0.2, 0.25) is 0 Å². The third kappa shape index (κ3) is 2.99. The number of nitrogens with one attached hydrogen (secondary N) is 1. The highest BCUT2D eigenvalue weighted by molar-refractivity contribution is 7.99. The smallest absolute Gasteiger partial charge is 0.0897 e. The Morgan fingerprint density at radius 1 is 1.56 bits per heavy atom. The van der Waals surface area contributed by atoms with Gasteiger partial charge in [-0.25, -0.2) is 4.98 Å². The van der Waals surface area contributed by atoms with E-state index < -0.39 is 0 Å². The Kier molecular flexibility index (Phi) is 3.93. The van der Waals surface area contributed by atoms with Gasteiger partial charge < -0.3 is 5.32 Å². The van der Waals surface area contributed by atoms with E-state index in [1.54, 1.807) is 11.3 Å². The highest BCUT2D eigenvalue weighted by Gasteiger charge is 2.31. The molecule has 1 fully saturated rings. The van der Waals surface area contributed by atoms with Crippen molar-refractivity contribution in [3.05, 3.63) is 16.1 Å². The second-order valence-electron chi connectivity index (χ2n) is 5.09. The van der Waals surface area contributed by atoms with E-state index in [0.717, 1.165) is 11.6 Å². The summed E-state index contributed by atoms with van der Waals surface area (Å²) in [5.41, 5.74) is 0.435. The second kappa shape index (κ2) is 5.07. The summed E-state index contributed by atoms with van der Waals surface area (Å²) in [5, 5.41) is 4.85. The Bertz CT molecular complexity index is 347. The lowest BCUT2D eigenvalue weighted by atomic mass is 9.82. The zero-order valence-corrected chi connectivity index (χ0v) is 11.9. The van der Waals surface area contributed by atoms with Crippen molar-refractivity contribution < 1.29 is 0 Å². The van der Waals surface area contributed by atoms with Gasteiger partial charge in [0.05, 0.1) is 5.01 Å². The molecule has 1 aliphatic rings. The molecule has 2 nitrogen and oxygen atoms in total. The fourth-order valence-electron chi connectivity index (χ4n) is 1.98.